The zero-order valence-corrected chi connectivity index (χ0v) is 11.0. The zero-order chi connectivity index (χ0) is 11.4. The summed E-state index contributed by atoms with van der Waals surface area (Å²) in [6, 6.07) is 0. The van der Waals surface area contributed by atoms with Crippen LogP contribution in [-0.2, 0) is 6.54 Å². The highest BCUT2D eigenvalue weighted by atomic mass is 32.1. The summed E-state index contributed by atoms with van der Waals surface area (Å²) in [5.74, 6) is 0.825. The summed E-state index contributed by atoms with van der Waals surface area (Å²) in [4.78, 5) is 7.10. The van der Waals surface area contributed by atoms with Crippen LogP contribution in [0.25, 0.3) is 0 Å². The van der Waals surface area contributed by atoms with Gasteiger partial charge < -0.3 is 10.2 Å². The quantitative estimate of drug-likeness (QED) is 0.800. The van der Waals surface area contributed by atoms with Gasteiger partial charge in [0.2, 0.25) is 0 Å². The summed E-state index contributed by atoms with van der Waals surface area (Å²) in [5.41, 5.74) is 1.19. The maximum atomic E-state index is 4.68. The molecule has 0 amide bonds. The van der Waals surface area contributed by atoms with Crippen LogP contribution < -0.4 is 10.2 Å². The van der Waals surface area contributed by atoms with Crippen LogP contribution >= 0.6 is 11.3 Å². The van der Waals surface area contributed by atoms with Gasteiger partial charge in [0.25, 0.3) is 0 Å². The summed E-state index contributed by atoms with van der Waals surface area (Å²) < 4.78 is 0. The van der Waals surface area contributed by atoms with Gasteiger partial charge in [0.05, 0.1) is 5.69 Å². The summed E-state index contributed by atoms with van der Waals surface area (Å²) in [6.45, 7) is 8.84. The van der Waals surface area contributed by atoms with Crippen molar-refractivity contribution in [3.8, 4) is 0 Å². The molecule has 0 aromatic carbocycles. The number of rotatable bonds is 5. The summed E-state index contributed by atoms with van der Waals surface area (Å²) >= 11 is 1.78. The molecule has 0 saturated carbocycles. The minimum absolute atomic E-state index is 0.825. The van der Waals surface area contributed by atoms with Gasteiger partial charge in [0.1, 0.15) is 0 Å². The third-order valence-electron chi connectivity index (χ3n) is 2.97. The van der Waals surface area contributed by atoms with Gasteiger partial charge in [-0.3, -0.25) is 0 Å². The standard InChI is InChI=1S/C12H21N3S/c1-3-5-13-7-11-9-16-12(14-11)15-6-4-10(2)8-15/h9-10,13H,3-8H2,1-2H3. The second kappa shape index (κ2) is 5.64. The Morgan fingerprint density at radius 3 is 3.19 bits per heavy atom. The van der Waals surface area contributed by atoms with E-state index in [1.54, 1.807) is 11.3 Å². The van der Waals surface area contributed by atoms with Crippen LogP contribution in [0.15, 0.2) is 5.38 Å². The molecule has 90 valence electrons. The lowest BCUT2D eigenvalue weighted by Crippen LogP contribution is -2.19. The summed E-state index contributed by atoms with van der Waals surface area (Å²) in [6.07, 6.45) is 2.49. The Morgan fingerprint density at radius 2 is 2.50 bits per heavy atom. The van der Waals surface area contributed by atoms with Crippen molar-refractivity contribution in [1.82, 2.24) is 10.3 Å². The molecular weight excluding hydrogens is 218 g/mol. The highest BCUT2D eigenvalue weighted by Crippen LogP contribution is 2.26. The van der Waals surface area contributed by atoms with Gasteiger partial charge in [-0.05, 0) is 25.3 Å². The number of hydrogen-bond donors (Lipinski definition) is 1. The van der Waals surface area contributed by atoms with Gasteiger partial charge in [-0.2, -0.15) is 0 Å². The minimum Gasteiger partial charge on any atom is -0.348 e. The Labute approximate surface area is 102 Å². The molecular formula is C12H21N3S. The van der Waals surface area contributed by atoms with E-state index in [2.05, 4.69) is 34.4 Å². The molecule has 1 aliphatic heterocycles. The molecule has 1 saturated heterocycles. The first-order valence-corrected chi connectivity index (χ1v) is 7.07. The van der Waals surface area contributed by atoms with Crippen molar-refractivity contribution < 1.29 is 0 Å². The van der Waals surface area contributed by atoms with Crippen molar-refractivity contribution in [2.24, 2.45) is 5.92 Å². The highest BCUT2D eigenvalue weighted by molar-refractivity contribution is 7.13. The molecule has 1 unspecified atom stereocenters. The first-order valence-electron chi connectivity index (χ1n) is 6.19. The smallest absolute Gasteiger partial charge is 0.185 e. The Morgan fingerprint density at radius 1 is 1.62 bits per heavy atom. The molecule has 4 heteroatoms. The van der Waals surface area contributed by atoms with E-state index in [0.717, 1.165) is 19.0 Å². The zero-order valence-electron chi connectivity index (χ0n) is 10.2. The summed E-state index contributed by atoms with van der Waals surface area (Å²) in [7, 11) is 0. The molecule has 1 N–H and O–H groups in total. The molecule has 0 radical (unpaired) electrons. The molecule has 1 aliphatic rings. The number of nitrogens with one attached hydrogen (secondary N) is 1. The van der Waals surface area contributed by atoms with Crippen molar-refractivity contribution in [2.75, 3.05) is 24.5 Å². The molecule has 1 aromatic heterocycles. The average molecular weight is 239 g/mol. The second-order valence-corrected chi connectivity index (χ2v) is 5.47. The van der Waals surface area contributed by atoms with E-state index in [9.17, 15) is 0 Å². The van der Waals surface area contributed by atoms with E-state index in [-0.39, 0.29) is 0 Å². The molecule has 2 heterocycles. The van der Waals surface area contributed by atoms with Gasteiger partial charge in [0.15, 0.2) is 5.13 Å². The molecule has 1 fully saturated rings. The van der Waals surface area contributed by atoms with Gasteiger partial charge in [-0.25, -0.2) is 4.98 Å². The third-order valence-corrected chi connectivity index (χ3v) is 3.92. The molecule has 0 bridgehead atoms. The van der Waals surface area contributed by atoms with Gasteiger partial charge in [-0.15, -0.1) is 11.3 Å². The van der Waals surface area contributed by atoms with Crippen LogP contribution in [0.4, 0.5) is 5.13 Å². The minimum atomic E-state index is 0.825. The Kier molecular flexibility index (Phi) is 4.18. The van der Waals surface area contributed by atoms with Crippen molar-refractivity contribution >= 4 is 16.5 Å². The van der Waals surface area contributed by atoms with E-state index in [1.807, 2.05) is 0 Å². The number of anilines is 1. The van der Waals surface area contributed by atoms with Crippen LogP contribution in [0.2, 0.25) is 0 Å². The number of aromatic nitrogens is 1. The average Bonchev–Trinajstić information content (AvgIpc) is 2.87. The van der Waals surface area contributed by atoms with Crippen molar-refractivity contribution in [1.29, 1.82) is 0 Å². The third kappa shape index (κ3) is 2.95. The van der Waals surface area contributed by atoms with Gasteiger partial charge >= 0.3 is 0 Å². The first kappa shape index (κ1) is 11.9. The van der Waals surface area contributed by atoms with Crippen molar-refractivity contribution in [2.45, 2.75) is 33.2 Å². The molecule has 2 rings (SSSR count). The fourth-order valence-electron chi connectivity index (χ4n) is 2.02. The largest absolute Gasteiger partial charge is 0.348 e. The van der Waals surface area contributed by atoms with E-state index in [4.69, 9.17) is 0 Å². The summed E-state index contributed by atoms with van der Waals surface area (Å²) in [5, 5.41) is 6.78. The van der Waals surface area contributed by atoms with Gasteiger partial charge in [-0.1, -0.05) is 13.8 Å². The molecule has 0 spiro atoms. The van der Waals surface area contributed by atoms with E-state index < -0.39 is 0 Å². The Balaban J connectivity index is 1.87. The monoisotopic (exact) mass is 239 g/mol. The lowest BCUT2D eigenvalue weighted by molar-refractivity contribution is 0.657. The molecule has 1 aromatic rings. The lowest BCUT2D eigenvalue weighted by Gasteiger charge is -2.13. The predicted molar refractivity (Wildman–Crippen MR) is 70.1 cm³/mol. The van der Waals surface area contributed by atoms with Crippen molar-refractivity contribution in [3.05, 3.63) is 11.1 Å². The number of thiazole rings is 1. The number of hydrogen-bond acceptors (Lipinski definition) is 4. The Bertz CT molecular complexity index is 324. The van der Waals surface area contributed by atoms with E-state index >= 15 is 0 Å². The van der Waals surface area contributed by atoms with Crippen LogP contribution in [0.1, 0.15) is 32.4 Å². The fraction of sp³-hybridized carbons (Fsp3) is 0.750. The van der Waals surface area contributed by atoms with E-state index in [0.29, 0.717) is 0 Å². The van der Waals surface area contributed by atoms with Crippen LogP contribution in [0.5, 0.6) is 0 Å². The molecule has 3 nitrogen and oxygen atoms in total. The lowest BCUT2D eigenvalue weighted by atomic mass is 10.2. The molecule has 16 heavy (non-hydrogen) atoms. The topological polar surface area (TPSA) is 28.2 Å². The van der Waals surface area contributed by atoms with Crippen LogP contribution in [0, 0.1) is 5.92 Å². The van der Waals surface area contributed by atoms with Crippen LogP contribution in [-0.4, -0.2) is 24.6 Å². The maximum Gasteiger partial charge on any atom is 0.185 e. The van der Waals surface area contributed by atoms with Gasteiger partial charge in [0, 0.05) is 25.0 Å². The van der Waals surface area contributed by atoms with E-state index in [1.165, 1.54) is 36.8 Å². The predicted octanol–water partition coefficient (Wildman–Crippen LogP) is 2.49. The number of nitrogens with zero attached hydrogens (tertiary/aromatic N) is 2. The highest BCUT2D eigenvalue weighted by Gasteiger charge is 2.20. The normalized spacial score (nSPS) is 20.6. The maximum absolute atomic E-state index is 4.68. The first-order chi connectivity index (χ1) is 7.79. The molecule has 0 aliphatic carbocycles. The van der Waals surface area contributed by atoms with Crippen LogP contribution in [0.3, 0.4) is 0 Å². The van der Waals surface area contributed by atoms with Crippen molar-refractivity contribution in [3.63, 3.8) is 0 Å². The SMILES string of the molecule is CCCNCc1csc(N2CCC(C)C2)n1. The Hall–Kier alpha value is -0.610. The second-order valence-electron chi connectivity index (χ2n) is 4.64. The fourth-order valence-corrected chi connectivity index (χ4v) is 2.89. The molecule has 1 atom stereocenters.